The average Bonchev–Trinajstić information content (AvgIpc) is 2.38. The van der Waals surface area contributed by atoms with Crippen LogP contribution in [0.5, 0.6) is 0 Å². The van der Waals surface area contributed by atoms with Crippen molar-refractivity contribution in [3.63, 3.8) is 0 Å². The topological polar surface area (TPSA) is 17.1 Å². The predicted octanol–water partition coefficient (Wildman–Crippen LogP) is 3.87. The largest absolute Gasteiger partial charge is 0.289 e. The summed E-state index contributed by atoms with van der Waals surface area (Å²) in [5.74, 6) is 0.0411. The molecule has 0 aromatic heterocycles. The van der Waals surface area contributed by atoms with E-state index in [-0.39, 0.29) is 5.78 Å². The van der Waals surface area contributed by atoms with Gasteiger partial charge in [-0.1, -0.05) is 48.6 Å². The molecule has 2 rings (SSSR count). The molecule has 17 heavy (non-hydrogen) atoms. The van der Waals surface area contributed by atoms with Crippen molar-refractivity contribution in [1.29, 1.82) is 0 Å². The highest BCUT2D eigenvalue weighted by atomic mass is 127. The van der Waals surface area contributed by atoms with Gasteiger partial charge in [0.05, 0.1) is 0 Å². The maximum absolute atomic E-state index is 12.2. The van der Waals surface area contributed by atoms with E-state index in [4.69, 9.17) is 12.2 Å². The zero-order chi connectivity index (χ0) is 12.3. The van der Waals surface area contributed by atoms with Gasteiger partial charge in [-0.25, -0.2) is 0 Å². The third-order valence-electron chi connectivity index (χ3n) is 2.40. The summed E-state index contributed by atoms with van der Waals surface area (Å²) in [6, 6.07) is 14.9. The normalized spacial score (nSPS) is 9.94. The Morgan fingerprint density at radius 2 is 1.76 bits per heavy atom. The molecule has 0 unspecified atom stereocenters. The van der Waals surface area contributed by atoms with Gasteiger partial charge in [-0.3, -0.25) is 4.79 Å². The van der Waals surface area contributed by atoms with Crippen LogP contribution < -0.4 is 0 Å². The molecule has 2 aromatic carbocycles. The van der Waals surface area contributed by atoms with E-state index < -0.39 is 0 Å². The van der Waals surface area contributed by atoms with Crippen LogP contribution in [0.2, 0.25) is 0 Å². The Kier molecular flexibility index (Phi) is 4.02. The fraction of sp³-hybridized carbons (Fsp3) is 0. The van der Waals surface area contributed by atoms with E-state index in [0.717, 1.165) is 9.13 Å². The van der Waals surface area contributed by atoms with Crippen LogP contribution in [0.1, 0.15) is 21.5 Å². The highest BCUT2D eigenvalue weighted by Gasteiger charge is 2.08. The summed E-state index contributed by atoms with van der Waals surface area (Å²) in [6.07, 6.45) is 0. The maximum Gasteiger partial charge on any atom is 0.193 e. The molecule has 0 bridgehead atoms. The van der Waals surface area contributed by atoms with Crippen LogP contribution in [-0.4, -0.2) is 11.2 Å². The van der Waals surface area contributed by atoms with Gasteiger partial charge in [0.2, 0.25) is 0 Å². The fourth-order valence-corrected chi connectivity index (χ4v) is 2.21. The summed E-state index contributed by atoms with van der Waals surface area (Å²) >= 11 is 7.03. The second-order valence-corrected chi connectivity index (χ2v) is 5.06. The number of ketones is 1. The Morgan fingerprint density at radius 1 is 1.06 bits per heavy atom. The minimum Gasteiger partial charge on any atom is -0.289 e. The van der Waals surface area contributed by atoms with Gasteiger partial charge < -0.3 is 0 Å². The molecule has 0 aliphatic carbocycles. The van der Waals surface area contributed by atoms with Gasteiger partial charge in [-0.15, -0.1) is 0 Å². The van der Waals surface area contributed by atoms with E-state index in [1.807, 2.05) is 36.4 Å². The van der Waals surface area contributed by atoms with Crippen LogP contribution >= 0.6 is 34.8 Å². The summed E-state index contributed by atoms with van der Waals surface area (Å²) in [4.78, 5) is 12.2. The molecule has 0 saturated heterocycles. The highest BCUT2D eigenvalue weighted by Crippen LogP contribution is 2.13. The summed E-state index contributed by atoms with van der Waals surface area (Å²) in [7, 11) is 0. The summed E-state index contributed by atoms with van der Waals surface area (Å²) in [5, 5.41) is 1.60. The molecular formula is C14H9IOS. The van der Waals surface area contributed by atoms with Gasteiger partial charge >= 0.3 is 0 Å². The van der Waals surface area contributed by atoms with Crippen LogP contribution in [0, 0.1) is 3.57 Å². The number of carbonyl (C=O) groups excluding carboxylic acids is 1. The lowest BCUT2D eigenvalue weighted by molar-refractivity contribution is 0.103. The number of benzene rings is 2. The molecule has 1 nitrogen and oxygen atoms in total. The zero-order valence-corrected chi connectivity index (χ0v) is 11.9. The van der Waals surface area contributed by atoms with Crippen molar-refractivity contribution < 1.29 is 4.79 Å². The SMILES string of the molecule is O=C(c1ccc(C=S)cc1)c1cccc(I)c1. The third-order valence-corrected chi connectivity index (χ3v) is 3.34. The van der Waals surface area contributed by atoms with E-state index in [1.54, 1.807) is 17.5 Å². The number of hydrogen-bond donors (Lipinski definition) is 0. The van der Waals surface area contributed by atoms with Crippen LogP contribution in [0.4, 0.5) is 0 Å². The summed E-state index contributed by atoms with van der Waals surface area (Å²) in [5.41, 5.74) is 2.35. The van der Waals surface area contributed by atoms with Gasteiger partial charge in [0.25, 0.3) is 0 Å². The lowest BCUT2D eigenvalue weighted by Gasteiger charge is -2.02. The second kappa shape index (κ2) is 5.51. The number of carbonyl (C=O) groups is 1. The fourth-order valence-electron chi connectivity index (χ4n) is 1.51. The van der Waals surface area contributed by atoms with Crippen molar-refractivity contribution in [2.45, 2.75) is 0 Å². The van der Waals surface area contributed by atoms with Crippen molar-refractivity contribution in [2.75, 3.05) is 0 Å². The first kappa shape index (κ1) is 12.4. The average molecular weight is 352 g/mol. The smallest absolute Gasteiger partial charge is 0.193 e. The minimum atomic E-state index is 0.0411. The Hall–Kier alpha value is -1.07. The number of thiocarbonyl (C=S) groups is 1. The maximum atomic E-state index is 12.2. The Labute approximate surface area is 119 Å². The molecular weight excluding hydrogens is 343 g/mol. The molecule has 0 atom stereocenters. The Balaban J connectivity index is 2.33. The second-order valence-electron chi connectivity index (χ2n) is 3.58. The summed E-state index contributed by atoms with van der Waals surface area (Å²) < 4.78 is 1.06. The number of rotatable bonds is 3. The molecule has 0 amide bonds. The molecule has 0 aliphatic rings. The van der Waals surface area contributed by atoms with Gasteiger partial charge in [-0.05, 0) is 40.3 Å². The molecule has 0 aliphatic heterocycles. The lowest BCUT2D eigenvalue weighted by Crippen LogP contribution is -2.01. The van der Waals surface area contributed by atoms with Crippen molar-refractivity contribution in [1.82, 2.24) is 0 Å². The number of halogens is 1. The predicted molar refractivity (Wildman–Crippen MR) is 81.8 cm³/mol. The molecule has 0 heterocycles. The highest BCUT2D eigenvalue weighted by molar-refractivity contribution is 14.1. The van der Waals surface area contributed by atoms with Crippen LogP contribution in [-0.2, 0) is 0 Å². The first-order valence-electron chi connectivity index (χ1n) is 5.06. The van der Waals surface area contributed by atoms with E-state index in [0.29, 0.717) is 11.1 Å². The molecule has 2 aromatic rings. The quantitative estimate of drug-likeness (QED) is 0.474. The minimum absolute atomic E-state index is 0.0411. The van der Waals surface area contributed by atoms with Crippen LogP contribution in [0.25, 0.3) is 0 Å². The van der Waals surface area contributed by atoms with Crippen LogP contribution in [0.3, 0.4) is 0 Å². The van der Waals surface area contributed by atoms with E-state index >= 15 is 0 Å². The molecule has 3 heteroatoms. The molecule has 0 spiro atoms. The zero-order valence-electron chi connectivity index (χ0n) is 8.89. The molecule has 0 saturated carbocycles. The lowest BCUT2D eigenvalue weighted by atomic mass is 10.0. The molecule has 0 radical (unpaired) electrons. The molecule has 84 valence electrons. The number of hydrogen-bond acceptors (Lipinski definition) is 2. The third kappa shape index (κ3) is 2.98. The first-order valence-corrected chi connectivity index (χ1v) is 6.61. The first-order chi connectivity index (χ1) is 8.20. The van der Waals surface area contributed by atoms with Crippen molar-refractivity contribution in [3.05, 3.63) is 68.8 Å². The van der Waals surface area contributed by atoms with Crippen molar-refractivity contribution in [2.24, 2.45) is 0 Å². The standard InChI is InChI=1S/C14H9IOS/c15-13-3-1-2-12(8-13)14(16)11-6-4-10(9-17)5-7-11/h1-9H. The van der Waals surface area contributed by atoms with E-state index in [2.05, 4.69) is 22.6 Å². The Bertz CT molecular complexity index is 561. The van der Waals surface area contributed by atoms with Gasteiger partial charge in [0, 0.05) is 20.1 Å². The molecule has 0 fully saturated rings. The van der Waals surface area contributed by atoms with Gasteiger partial charge in [0.15, 0.2) is 5.78 Å². The summed E-state index contributed by atoms with van der Waals surface area (Å²) in [6.45, 7) is 0. The monoisotopic (exact) mass is 352 g/mol. The van der Waals surface area contributed by atoms with Crippen molar-refractivity contribution in [3.8, 4) is 0 Å². The Morgan fingerprint density at radius 3 is 2.35 bits per heavy atom. The van der Waals surface area contributed by atoms with Crippen LogP contribution in [0.15, 0.2) is 48.5 Å². The molecule has 0 N–H and O–H groups in total. The van der Waals surface area contributed by atoms with E-state index in [9.17, 15) is 4.79 Å². The van der Waals surface area contributed by atoms with Gasteiger partial charge in [0.1, 0.15) is 0 Å². The van der Waals surface area contributed by atoms with Crippen molar-refractivity contribution >= 4 is 46.0 Å². The van der Waals surface area contributed by atoms with E-state index in [1.165, 1.54) is 0 Å². The van der Waals surface area contributed by atoms with Gasteiger partial charge in [-0.2, -0.15) is 0 Å².